The summed E-state index contributed by atoms with van der Waals surface area (Å²) in [5, 5.41) is 3.74. The normalized spacial score (nSPS) is 16.8. The van der Waals surface area contributed by atoms with Crippen LogP contribution in [0.3, 0.4) is 0 Å². The number of aromatic nitrogens is 1. The van der Waals surface area contributed by atoms with Crippen LogP contribution in [-0.2, 0) is 6.42 Å². The molecule has 1 unspecified atom stereocenters. The third-order valence-electron chi connectivity index (χ3n) is 3.57. The number of carbonyl (C=O) groups excluding carboxylic acids is 1. The molecule has 3 N–H and O–H groups in total. The molecule has 0 aliphatic heterocycles. The highest BCUT2D eigenvalue weighted by Gasteiger charge is 2.22. The molecule has 102 valence electrons. The van der Waals surface area contributed by atoms with Crippen molar-refractivity contribution in [3.63, 3.8) is 0 Å². The first kappa shape index (κ1) is 12.9. The fourth-order valence-corrected chi connectivity index (χ4v) is 2.77. The van der Waals surface area contributed by atoms with Crippen LogP contribution in [0, 0.1) is 0 Å². The predicted octanol–water partition coefficient (Wildman–Crippen LogP) is 2.93. The summed E-state index contributed by atoms with van der Waals surface area (Å²) in [4.78, 5) is 15.3. The Morgan fingerprint density at radius 1 is 1.40 bits per heavy atom. The van der Waals surface area contributed by atoms with Gasteiger partial charge in [-0.25, -0.2) is 4.98 Å². The average Bonchev–Trinajstić information content (AvgIpc) is 2.84. The molecule has 1 heterocycles. The van der Waals surface area contributed by atoms with Crippen LogP contribution in [0.5, 0.6) is 0 Å². The molecule has 0 saturated carbocycles. The lowest BCUT2D eigenvalue weighted by atomic mass is 10.1. The molecule has 0 spiro atoms. The number of fused-ring (bicyclic) bond motifs is 1. The van der Waals surface area contributed by atoms with Gasteiger partial charge in [-0.15, -0.1) is 0 Å². The number of pyridine rings is 1. The van der Waals surface area contributed by atoms with Crippen LogP contribution in [-0.4, -0.2) is 10.9 Å². The molecule has 0 saturated heterocycles. The van der Waals surface area contributed by atoms with E-state index in [9.17, 15) is 4.79 Å². The van der Waals surface area contributed by atoms with Gasteiger partial charge in [0.05, 0.1) is 16.6 Å². The molecule has 1 aliphatic rings. The van der Waals surface area contributed by atoms with E-state index in [2.05, 4.69) is 22.4 Å². The number of amides is 1. The molecule has 0 fully saturated rings. The number of aryl methyl sites for hydroxylation is 1. The second kappa shape index (κ2) is 5.13. The highest BCUT2D eigenvalue weighted by molar-refractivity contribution is 6.33. The summed E-state index contributed by atoms with van der Waals surface area (Å²) in [6, 6.07) is 10.1. The van der Waals surface area contributed by atoms with Crippen molar-refractivity contribution < 1.29 is 4.79 Å². The number of benzene rings is 1. The summed E-state index contributed by atoms with van der Waals surface area (Å²) in [5.41, 5.74) is 8.15. The van der Waals surface area contributed by atoms with E-state index in [0.717, 1.165) is 12.8 Å². The van der Waals surface area contributed by atoms with E-state index in [4.69, 9.17) is 17.3 Å². The third-order valence-corrected chi connectivity index (χ3v) is 3.86. The molecular formula is C15H14ClN3O. The smallest absolute Gasteiger partial charge is 0.250 e. The minimum Gasteiger partial charge on any atom is -0.366 e. The number of nitrogens with zero attached hydrogens (tertiary/aromatic N) is 1. The summed E-state index contributed by atoms with van der Waals surface area (Å²) >= 11 is 6.15. The maximum atomic E-state index is 11.1. The second-order valence-corrected chi connectivity index (χ2v) is 5.26. The number of anilines is 1. The molecule has 4 nitrogen and oxygen atoms in total. The summed E-state index contributed by atoms with van der Waals surface area (Å²) in [5.74, 6) is 0.0514. The van der Waals surface area contributed by atoms with Gasteiger partial charge in [-0.05, 0) is 30.0 Å². The largest absolute Gasteiger partial charge is 0.366 e. The Kier molecular flexibility index (Phi) is 3.32. The SMILES string of the molecule is NC(=O)c1cnc(NC2CCc3ccccc32)c(Cl)c1. The maximum Gasteiger partial charge on any atom is 0.250 e. The van der Waals surface area contributed by atoms with E-state index < -0.39 is 5.91 Å². The Balaban J connectivity index is 1.84. The van der Waals surface area contributed by atoms with Gasteiger partial charge in [0.1, 0.15) is 5.82 Å². The van der Waals surface area contributed by atoms with Gasteiger partial charge in [0.2, 0.25) is 5.91 Å². The van der Waals surface area contributed by atoms with E-state index in [-0.39, 0.29) is 6.04 Å². The molecule has 1 atom stereocenters. The van der Waals surface area contributed by atoms with Crippen LogP contribution >= 0.6 is 11.6 Å². The standard InChI is InChI=1S/C15H14ClN3O/c16-12-7-10(14(17)20)8-18-15(12)19-13-6-5-9-3-1-2-4-11(9)13/h1-4,7-8,13H,5-6H2,(H2,17,20)(H,18,19). The fourth-order valence-electron chi connectivity index (χ4n) is 2.55. The highest BCUT2D eigenvalue weighted by Crippen LogP contribution is 2.34. The van der Waals surface area contributed by atoms with Crippen LogP contribution < -0.4 is 11.1 Å². The zero-order valence-corrected chi connectivity index (χ0v) is 11.5. The number of hydrogen-bond donors (Lipinski definition) is 2. The van der Waals surface area contributed by atoms with Gasteiger partial charge in [0.25, 0.3) is 0 Å². The van der Waals surface area contributed by atoms with Crippen LogP contribution in [0.25, 0.3) is 0 Å². The van der Waals surface area contributed by atoms with E-state index in [1.165, 1.54) is 17.3 Å². The molecule has 1 aromatic heterocycles. The van der Waals surface area contributed by atoms with Crippen molar-refractivity contribution >= 4 is 23.3 Å². The number of primary amides is 1. The molecular weight excluding hydrogens is 274 g/mol. The molecule has 5 heteroatoms. The third kappa shape index (κ3) is 2.34. The molecule has 3 rings (SSSR count). The Morgan fingerprint density at radius 3 is 2.95 bits per heavy atom. The summed E-state index contributed by atoms with van der Waals surface area (Å²) in [7, 11) is 0. The molecule has 1 aromatic carbocycles. The van der Waals surface area contributed by atoms with Gasteiger partial charge >= 0.3 is 0 Å². The quantitative estimate of drug-likeness (QED) is 0.912. The molecule has 1 amide bonds. The topological polar surface area (TPSA) is 68.0 Å². The van der Waals surface area contributed by atoms with Gasteiger partial charge in [-0.2, -0.15) is 0 Å². The highest BCUT2D eigenvalue weighted by atomic mass is 35.5. The Labute approximate surface area is 122 Å². The van der Waals surface area contributed by atoms with Gasteiger partial charge in [-0.3, -0.25) is 4.79 Å². The lowest BCUT2D eigenvalue weighted by Crippen LogP contribution is -2.13. The van der Waals surface area contributed by atoms with Crippen LogP contribution in [0.2, 0.25) is 5.02 Å². The monoisotopic (exact) mass is 287 g/mol. The van der Waals surface area contributed by atoms with Crippen molar-refractivity contribution in [1.29, 1.82) is 0 Å². The number of carbonyl (C=O) groups is 1. The number of rotatable bonds is 3. The number of nitrogens with two attached hydrogens (primary N) is 1. The average molecular weight is 288 g/mol. The van der Waals surface area contributed by atoms with Crippen molar-refractivity contribution in [2.75, 3.05) is 5.32 Å². The van der Waals surface area contributed by atoms with Crippen LogP contribution in [0.15, 0.2) is 36.5 Å². The molecule has 0 radical (unpaired) electrons. The first-order valence-corrected chi connectivity index (χ1v) is 6.82. The van der Waals surface area contributed by atoms with Crippen molar-refractivity contribution in [2.24, 2.45) is 5.73 Å². The zero-order valence-electron chi connectivity index (χ0n) is 10.8. The first-order valence-electron chi connectivity index (χ1n) is 6.45. The number of hydrogen-bond acceptors (Lipinski definition) is 3. The Morgan fingerprint density at radius 2 is 2.20 bits per heavy atom. The maximum absolute atomic E-state index is 11.1. The fraction of sp³-hybridized carbons (Fsp3) is 0.200. The van der Waals surface area contributed by atoms with Crippen LogP contribution in [0.4, 0.5) is 5.82 Å². The lowest BCUT2D eigenvalue weighted by molar-refractivity contribution is 0.1000. The van der Waals surface area contributed by atoms with Crippen molar-refractivity contribution in [2.45, 2.75) is 18.9 Å². The van der Waals surface area contributed by atoms with Gasteiger partial charge in [0.15, 0.2) is 0 Å². The lowest BCUT2D eigenvalue weighted by Gasteiger charge is -2.16. The molecule has 0 bridgehead atoms. The van der Waals surface area contributed by atoms with Crippen LogP contribution in [0.1, 0.15) is 33.9 Å². The molecule has 1 aliphatic carbocycles. The zero-order chi connectivity index (χ0) is 14.1. The second-order valence-electron chi connectivity index (χ2n) is 4.85. The first-order chi connectivity index (χ1) is 9.65. The van der Waals surface area contributed by atoms with E-state index in [1.54, 1.807) is 6.07 Å². The summed E-state index contributed by atoms with van der Waals surface area (Å²) in [6.45, 7) is 0. The van der Waals surface area contributed by atoms with E-state index >= 15 is 0 Å². The number of nitrogens with one attached hydrogen (secondary N) is 1. The number of halogens is 1. The summed E-state index contributed by atoms with van der Waals surface area (Å²) in [6.07, 6.45) is 3.50. The van der Waals surface area contributed by atoms with Crippen molar-refractivity contribution in [3.05, 3.63) is 58.2 Å². The minimum absolute atomic E-state index is 0.204. The Hall–Kier alpha value is -2.07. The minimum atomic E-state index is -0.530. The van der Waals surface area contributed by atoms with Gasteiger partial charge in [-0.1, -0.05) is 35.9 Å². The van der Waals surface area contributed by atoms with Crippen molar-refractivity contribution in [3.8, 4) is 0 Å². The molecule has 2 aromatic rings. The van der Waals surface area contributed by atoms with E-state index in [0.29, 0.717) is 16.4 Å². The van der Waals surface area contributed by atoms with E-state index in [1.807, 2.05) is 12.1 Å². The predicted molar refractivity (Wildman–Crippen MR) is 78.9 cm³/mol. The summed E-state index contributed by atoms with van der Waals surface area (Å²) < 4.78 is 0. The molecule has 20 heavy (non-hydrogen) atoms. The van der Waals surface area contributed by atoms with Gasteiger partial charge in [0, 0.05) is 6.20 Å². The Bertz CT molecular complexity index is 672. The van der Waals surface area contributed by atoms with Crippen molar-refractivity contribution in [1.82, 2.24) is 4.98 Å². The van der Waals surface area contributed by atoms with Gasteiger partial charge < -0.3 is 11.1 Å².